The van der Waals surface area contributed by atoms with Gasteiger partial charge in [-0.25, -0.2) is 13.2 Å². The lowest BCUT2D eigenvalue weighted by atomic mass is 9.79. The monoisotopic (exact) mass is 417 g/mol. The fraction of sp³-hybridized carbons (Fsp3) is 0.458. The minimum atomic E-state index is -0.732. The van der Waals surface area contributed by atoms with Gasteiger partial charge in [0.05, 0.1) is 11.7 Å². The van der Waals surface area contributed by atoms with Crippen molar-refractivity contribution in [3.63, 3.8) is 0 Å². The van der Waals surface area contributed by atoms with E-state index in [-0.39, 0.29) is 35.5 Å². The molecule has 2 aliphatic rings. The Kier molecular flexibility index (Phi) is 5.76. The van der Waals surface area contributed by atoms with Crippen molar-refractivity contribution in [2.45, 2.75) is 52.2 Å². The Balaban J connectivity index is 1.32. The van der Waals surface area contributed by atoms with Crippen LogP contribution in [0.1, 0.15) is 54.1 Å². The number of carbonyl (C=O) groups is 1. The third-order valence-corrected chi connectivity index (χ3v) is 6.54. The number of halogens is 3. The molecule has 1 amide bonds. The molecule has 30 heavy (non-hydrogen) atoms. The van der Waals surface area contributed by atoms with E-state index in [0.717, 1.165) is 25.7 Å². The summed E-state index contributed by atoms with van der Waals surface area (Å²) in [5.41, 5.74) is 0.364. The largest absolute Gasteiger partial charge is 0.490 e. The third-order valence-electron chi connectivity index (χ3n) is 6.54. The molecule has 3 nitrogen and oxygen atoms in total. The first-order valence-electron chi connectivity index (χ1n) is 10.5. The van der Waals surface area contributed by atoms with Gasteiger partial charge in [0, 0.05) is 24.7 Å². The van der Waals surface area contributed by atoms with Crippen LogP contribution in [0.15, 0.2) is 30.3 Å². The fourth-order valence-corrected chi connectivity index (χ4v) is 4.71. The number of ether oxygens (including phenoxy) is 1. The van der Waals surface area contributed by atoms with E-state index >= 15 is 0 Å². The lowest BCUT2D eigenvalue weighted by Gasteiger charge is -2.34. The number of fused-ring (bicyclic) bond motifs is 1. The summed E-state index contributed by atoms with van der Waals surface area (Å²) in [6.07, 6.45) is 3.77. The van der Waals surface area contributed by atoms with Crippen LogP contribution < -0.4 is 4.74 Å². The Morgan fingerprint density at radius 3 is 2.57 bits per heavy atom. The van der Waals surface area contributed by atoms with Gasteiger partial charge >= 0.3 is 0 Å². The number of nitrogens with zero attached hydrogens (tertiary/aromatic N) is 1. The molecule has 1 aliphatic carbocycles. The normalized spacial score (nSPS) is 22.2. The van der Waals surface area contributed by atoms with Gasteiger partial charge in [0.25, 0.3) is 5.91 Å². The molecule has 0 spiro atoms. The van der Waals surface area contributed by atoms with Gasteiger partial charge in [-0.3, -0.25) is 4.79 Å². The van der Waals surface area contributed by atoms with Crippen LogP contribution in [0.2, 0.25) is 0 Å². The Morgan fingerprint density at radius 1 is 1.13 bits per heavy atom. The summed E-state index contributed by atoms with van der Waals surface area (Å²) in [6, 6.07) is 7.46. The molecule has 0 saturated heterocycles. The topological polar surface area (TPSA) is 29.5 Å². The van der Waals surface area contributed by atoms with E-state index in [1.807, 2.05) is 6.92 Å². The quantitative estimate of drug-likeness (QED) is 0.630. The van der Waals surface area contributed by atoms with Crippen LogP contribution in [0.5, 0.6) is 5.75 Å². The minimum absolute atomic E-state index is 0.0227. The summed E-state index contributed by atoms with van der Waals surface area (Å²) in [5.74, 6) is -0.755. The van der Waals surface area contributed by atoms with Crippen molar-refractivity contribution in [2.75, 3.05) is 6.54 Å². The van der Waals surface area contributed by atoms with Crippen molar-refractivity contribution < 1.29 is 22.7 Å². The van der Waals surface area contributed by atoms with Crippen LogP contribution in [0.4, 0.5) is 13.2 Å². The molecule has 0 N–H and O–H groups in total. The molecule has 1 atom stereocenters. The molecule has 2 aromatic rings. The van der Waals surface area contributed by atoms with Gasteiger partial charge in [-0.2, -0.15) is 0 Å². The summed E-state index contributed by atoms with van der Waals surface area (Å²) in [4.78, 5) is 14.3. The first kappa shape index (κ1) is 20.8. The molecular weight excluding hydrogens is 391 g/mol. The summed E-state index contributed by atoms with van der Waals surface area (Å²) in [6.45, 7) is 4.19. The van der Waals surface area contributed by atoms with Crippen LogP contribution >= 0.6 is 0 Å². The second-order valence-electron chi connectivity index (χ2n) is 8.58. The molecule has 1 fully saturated rings. The Bertz CT molecular complexity index is 954. The summed E-state index contributed by atoms with van der Waals surface area (Å²) in [5, 5.41) is 0. The van der Waals surface area contributed by atoms with Crippen LogP contribution in [0.3, 0.4) is 0 Å². The van der Waals surface area contributed by atoms with E-state index < -0.39 is 11.6 Å². The van der Waals surface area contributed by atoms with E-state index in [9.17, 15) is 18.0 Å². The lowest BCUT2D eigenvalue weighted by Crippen LogP contribution is -2.34. The number of hydrogen-bond acceptors (Lipinski definition) is 2. The highest BCUT2D eigenvalue weighted by molar-refractivity contribution is 5.98. The van der Waals surface area contributed by atoms with Gasteiger partial charge in [-0.15, -0.1) is 0 Å². The highest BCUT2D eigenvalue weighted by Crippen LogP contribution is 2.35. The first-order valence-corrected chi connectivity index (χ1v) is 10.5. The maximum absolute atomic E-state index is 14.4. The van der Waals surface area contributed by atoms with Gasteiger partial charge in [0.2, 0.25) is 0 Å². The predicted molar refractivity (Wildman–Crippen MR) is 108 cm³/mol. The van der Waals surface area contributed by atoms with Gasteiger partial charge in [-0.1, -0.05) is 6.07 Å². The molecule has 0 bridgehead atoms. The molecule has 4 rings (SSSR count). The van der Waals surface area contributed by atoms with Crippen LogP contribution in [-0.2, 0) is 6.54 Å². The van der Waals surface area contributed by atoms with Crippen molar-refractivity contribution in [3.8, 4) is 5.75 Å². The zero-order valence-electron chi connectivity index (χ0n) is 17.3. The minimum Gasteiger partial charge on any atom is -0.490 e. The molecule has 0 aromatic heterocycles. The van der Waals surface area contributed by atoms with Gasteiger partial charge in [0.15, 0.2) is 0 Å². The van der Waals surface area contributed by atoms with Gasteiger partial charge in [-0.05, 0) is 75.1 Å². The lowest BCUT2D eigenvalue weighted by molar-refractivity contribution is 0.0682. The van der Waals surface area contributed by atoms with Crippen LogP contribution in [0, 0.1) is 36.2 Å². The van der Waals surface area contributed by atoms with Crippen LogP contribution in [0.25, 0.3) is 0 Å². The Morgan fingerprint density at radius 2 is 1.87 bits per heavy atom. The van der Waals surface area contributed by atoms with Crippen LogP contribution in [-0.4, -0.2) is 23.5 Å². The molecule has 1 unspecified atom stereocenters. The van der Waals surface area contributed by atoms with Gasteiger partial charge < -0.3 is 9.64 Å². The Hall–Kier alpha value is -2.50. The first-order chi connectivity index (χ1) is 14.3. The average Bonchev–Trinajstić information content (AvgIpc) is 3.02. The highest BCUT2D eigenvalue weighted by Gasteiger charge is 2.35. The number of carbonyl (C=O) groups excluding carboxylic acids is 1. The smallest absolute Gasteiger partial charge is 0.257 e. The van der Waals surface area contributed by atoms with E-state index in [1.54, 1.807) is 17.0 Å². The van der Waals surface area contributed by atoms with Crippen molar-refractivity contribution in [1.29, 1.82) is 0 Å². The zero-order chi connectivity index (χ0) is 21.4. The molecule has 160 valence electrons. The van der Waals surface area contributed by atoms with Gasteiger partial charge in [0.1, 0.15) is 23.2 Å². The zero-order valence-corrected chi connectivity index (χ0v) is 17.3. The predicted octanol–water partition coefficient (Wildman–Crippen LogP) is 5.64. The molecule has 6 heteroatoms. The number of rotatable bonds is 5. The van der Waals surface area contributed by atoms with Crippen molar-refractivity contribution >= 4 is 5.91 Å². The standard InChI is InChI=1S/C24H26F3NO2/c1-14-21(26)10-18-13-28(24(29)22(18)23(14)27)12-16-6-8-17(9-7-16)15(2)30-20-5-3-4-19(25)11-20/h3-5,10-11,15-17H,6-9,12-13H2,1-2H3/t15?,16-,17-. The number of hydrogen-bond donors (Lipinski definition) is 0. The van der Waals surface area contributed by atoms with E-state index in [0.29, 0.717) is 29.7 Å². The third kappa shape index (κ3) is 4.05. The molecule has 1 aliphatic heterocycles. The second kappa shape index (κ2) is 8.32. The van der Waals surface area contributed by atoms with E-state index in [1.165, 1.54) is 25.1 Å². The van der Waals surface area contributed by atoms with E-state index in [2.05, 4.69) is 0 Å². The van der Waals surface area contributed by atoms with Crippen molar-refractivity contribution in [3.05, 3.63) is 64.5 Å². The maximum Gasteiger partial charge on any atom is 0.257 e. The molecule has 1 heterocycles. The Labute approximate surface area is 174 Å². The number of benzene rings is 2. The molecule has 2 aromatic carbocycles. The van der Waals surface area contributed by atoms with Crippen molar-refractivity contribution in [1.82, 2.24) is 4.90 Å². The van der Waals surface area contributed by atoms with Crippen molar-refractivity contribution in [2.24, 2.45) is 11.8 Å². The average molecular weight is 417 g/mol. The highest BCUT2D eigenvalue weighted by atomic mass is 19.1. The SMILES string of the molecule is Cc1c(F)cc2c(c1F)C(=O)N(C[C@H]1CC[C@H](C(C)Oc3cccc(F)c3)CC1)C2. The fourth-order valence-electron chi connectivity index (χ4n) is 4.71. The maximum atomic E-state index is 14.4. The molecule has 1 saturated carbocycles. The second-order valence-corrected chi connectivity index (χ2v) is 8.58. The summed E-state index contributed by atoms with van der Waals surface area (Å²) >= 11 is 0. The molecular formula is C24H26F3NO2. The summed E-state index contributed by atoms with van der Waals surface area (Å²) in [7, 11) is 0. The number of amides is 1. The summed E-state index contributed by atoms with van der Waals surface area (Å²) < 4.78 is 47.5. The van der Waals surface area contributed by atoms with E-state index in [4.69, 9.17) is 4.74 Å². The molecule has 0 radical (unpaired) electrons.